The predicted octanol–water partition coefficient (Wildman–Crippen LogP) is 5.42. The highest BCUT2D eigenvalue weighted by atomic mass is 16.5. The number of hydrogen-bond acceptors (Lipinski definition) is 4. The highest BCUT2D eigenvalue weighted by molar-refractivity contribution is 5.74. The van der Waals surface area contributed by atoms with Crippen molar-refractivity contribution in [2.45, 2.75) is 6.42 Å². The molecule has 4 heteroatoms. The lowest BCUT2D eigenvalue weighted by Crippen LogP contribution is -2.01. The molecule has 0 N–H and O–H groups in total. The van der Waals surface area contributed by atoms with Gasteiger partial charge in [-0.1, -0.05) is 24.3 Å². The molecule has 2 heterocycles. The summed E-state index contributed by atoms with van der Waals surface area (Å²) in [6.07, 6.45) is 7.91. The highest BCUT2D eigenvalue weighted by Crippen LogP contribution is 2.38. The lowest BCUT2D eigenvalue weighted by molar-refractivity contribution is 0.406. The first-order valence-electron chi connectivity index (χ1n) is 9.44. The fourth-order valence-electron chi connectivity index (χ4n) is 3.66. The molecule has 4 aromatic rings. The second-order valence-electron chi connectivity index (χ2n) is 6.62. The number of aromatic nitrogens is 2. The van der Waals surface area contributed by atoms with Gasteiger partial charge in [-0.15, -0.1) is 0 Å². The minimum atomic E-state index is 0.670. The third-order valence-electron chi connectivity index (χ3n) is 5.04. The van der Waals surface area contributed by atoms with Crippen molar-refractivity contribution in [3.63, 3.8) is 0 Å². The lowest BCUT2D eigenvalue weighted by Gasteiger charge is -2.18. The third-order valence-corrected chi connectivity index (χ3v) is 5.04. The van der Waals surface area contributed by atoms with Crippen LogP contribution >= 0.6 is 0 Å². The summed E-state index contributed by atoms with van der Waals surface area (Å²) in [6, 6.07) is 20.4. The van der Waals surface area contributed by atoms with Gasteiger partial charge in [0.25, 0.3) is 0 Å². The molecule has 0 aliphatic carbocycles. The molecule has 0 aliphatic rings. The maximum Gasteiger partial charge on any atom is 0.123 e. The molecule has 0 radical (unpaired) electrons. The van der Waals surface area contributed by atoms with Gasteiger partial charge in [-0.3, -0.25) is 9.97 Å². The lowest BCUT2D eigenvalue weighted by atomic mass is 9.90. The van der Waals surface area contributed by atoms with Gasteiger partial charge in [-0.2, -0.15) is 0 Å². The first-order valence-corrected chi connectivity index (χ1v) is 9.44. The van der Waals surface area contributed by atoms with Crippen LogP contribution in [0.2, 0.25) is 0 Å². The summed E-state index contributed by atoms with van der Waals surface area (Å²) in [6.45, 7) is 0. The van der Waals surface area contributed by atoms with Crippen LogP contribution in [-0.4, -0.2) is 24.2 Å². The van der Waals surface area contributed by atoms with E-state index >= 15 is 0 Å². The van der Waals surface area contributed by atoms with Gasteiger partial charge >= 0.3 is 0 Å². The van der Waals surface area contributed by atoms with Gasteiger partial charge in [0.1, 0.15) is 11.5 Å². The Kier molecular flexibility index (Phi) is 5.52. The fraction of sp³-hybridized carbons (Fsp3) is 0.120. The van der Waals surface area contributed by atoms with Crippen LogP contribution in [0.4, 0.5) is 0 Å². The van der Waals surface area contributed by atoms with E-state index in [1.54, 1.807) is 14.2 Å². The summed E-state index contributed by atoms with van der Waals surface area (Å²) < 4.78 is 11.5. The monoisotopic (exact) mass is 382 g/mol. The number of ether oxygens (including phenoxy) is 2. The molecule has 0 spiro atoms. The maximum absolute atomic E-state index is 5.73. The predicted molar refractivity (Wildman–Crippen MR) is 115 cm³/mol. The van der Waals surface area contributed by atoms with Gasteiger partial charge in [0, 0.05) is 42.3 Å². The van der Waals surface area contributed by atoms with E-state index in [-0.39, 0.29) is 0 Å². The first kappa shape index (κ1) is 18.7. The van der Waals surface area contributed by atoms with Crippen molar-refractivity contribution in [1.82, 2.24) is 9.97 Å². The molecule has 144 valence electrons. The summed E-state index contributed by atoms with van der Waals surface area (Å²) >= 11 is 0. The molecule has 0 aliphatic heterocycles. The van der Waals surface area contributed by atoms with Gasteiger partial charge in [-0.05, 0) is 58.7 Å². The molecular weight excluding hydrogens is 360 g/mol. The second kappa shape index (κ2) is 8.57. The minimum Gasteiger partial charge on any atom is -0.496 e. The largest absolute Gasteiger partial charge is 0.496 e. The molecule has 0 amide bonds. The van der Waals surface area contributed by atoms with E-state index in [9.17, 15) is 0 Å². The topological polar surface area (TPSA) is 44.2 Å². The van der Waals surface area contributed by atoms with Crippen molar-refractivity contribution in [3.05, 3.63) is 96.6 Å². The maximum atomic E-state index is 5.73. The van der Waals surface area contributed by atoms with Gasteiger partial charge < -0.3 is 9.47 Å². The quantitative estimate of drug-likeness (QED) is 0.447. The van der Waals surface area contributed by atoms with Crippen molar-refractivity contribution < 1.29 is 9.47 Å². The summed E-state index contributed by atoms with van der Waals surface area (Å²) in [5.41, 5.74) is 6.68. The number of nitrogens with zero attached hydrogens (tertiary/aromatic N) is 2. The van der Waals surface area contributed by atoms with Crippen molar-refractivity contribution in [1.29, 1.82) is 0 Å². The van der Waals surface area contributed by atoms with E-state index < -0.39 is 0 Å². The Labute approximate surface area is 170 Å². The number of hydrogen-bond donors (Lipinski definition) is 0. The third kappa shape index (κ3) is 3.83. The Balaban J connectivity index is 1.89. The van der Waals surface area contributed by atoms with E-state index in [1.165, 1.54) is 0 Å². The second-order valence-corrected chi connectivity index (χ2v) is 6.62. The van der Waals surface area contributed by atoms with Crippen LogP contribution in [0, 0.1) is 0 Å². The molecule has 29 heavy (non-hydrogen) atoms. The zero-order valence-electron chi connectivity index (χ0n) is 16.5. The molecule has 4 rings (SSSR count). The first-order chi connectivity index (χ1) is 14.3. The van der Waals surface area contributed by atoms with E-state index in [4.69, 9.17) is 9.47 Å². The molecule has 2 aromatic carbocycles. The Hall–Kier alpha value is -3.66. The SMILES string of the molecule is COc1cccc(-c2ccncc2)c1Cc1c(OC)cccc1-c1ccncc1. The Bertz CT molecular complexity index is 1010. The highest BCUT2D eigenvalue weighted by Gasteiger charge is 2.17. The normalized spacial score (nSPS) is 10.6. The molecule has 0 unspecified atom stereocenters. The van der Waals surface area contributed by atoms with E-state index in [0.29, 0.717) is 6.42 Å². The van der Waals surface area contributed by atoms with Crippen LogP contribution in [0.1, 0.15) is 11.1 Å². The van der Waals surface area contributed by atoms with Crippen LogP contribution in [0.15, 0.2) is 85.5 Å². The van der Waals surface area contributed by atoms with Gasteiger partial charge in [0.15, 0.2) is 0 Å². The van der Waals surface area contributed by atoms with Crippen LogP contribution in [0.25, 0.3) is 22.3 Å². The standard InChI is InChI=1S/C25H22N2O2/c1-28-24-7-3-5-20(18-9-13-26-14-10-18)22(24)17-23-21(6-4-8-25(23)29-2)19-11-15-27-16-12-19/h3-16H,17H2,1-2H3. The van der Waals surface area contributed by atoms with E-state index in [1.807, 2.05) is 73.3 Å². The summed E-state index contributed by atoms with van der Waals surface area (Å²) in [5, 5.41) is 0. The number of methoxy groups -OCH3 is 2. The molecule has 0 saturated carbocycles. The van der Waals surface area contributed by atoms with E-state index in [0.717, 1.165) is 44.9 Å². The summed E-state index contributed by atoms with van der Waals surface area (Å²) in [5.74, 6) is 1.71. The van der Waals surface area contributed by atoms with Crippen molar-refractivity contribution in [2.75, 3.05) is 14.2 Å². The average Bonchev–Trinajstić information content (AvgIpc) is 2.80. The van der Waals surface area contributed by atoms with Crippen molar-refractivity contribution >= 4 is 0 Å². The molecule has 0 atom stereocenters. The molecule has 2 aromatic heterocycles. The van der Waals surface area contributed by atoms with Crippen LogP contribution in [0.5, 0.6) is 11.5 Å². The number of pyridine rings is 2. The number of benzene rings is 2. The van der Waals surface area contributed by atoms with Gasteiger partial charge in [0.2, 0.25) is 0 Å². The van der Waals surface area contributed by atoms with Crippen LogP contribution in [-0.2, 0) is 6.42 Å². The molecule has 4 nitrogen and oxygen atoms in total. The van der Waals surface area contributed by atoms with Crippen molar-refractivity contribution in [2.24, 2.45) is 0 Å². The summed E-state index contributed by atoms with van der Waals surface area (Å²) in [4.78, 5) is 8.30. The molecular formula is C25H22N2O2. The zero-order chi connectivity index (χ0) is 20.1. The van der Waals surface area contributed by atoms with Crippen LogP contribution in [0.3, 0.4) is 0 Å². The molecule has 0 bridgehead atoms. The minimum absolute atomic E-state index is 0.670. The van der Waals surface area contributed by atoms with Crippen LogP contribution < -0.4 is 9.47 Å². The van der Waals surface area contributed by atoms with Crippen molar-refractivity contribution in [3.8, 4) is 33.8 Å². The summed E-state index contributed by atoms with van der Waals surface area (Å²) in [7, 11) is 3.42. The van der Waals surface area contributed by atoms with Gasteiger partial charge in [-0.25, -0.2) is 0 Å². The Morgan fingerprint density at radius 3 is 1.38 bits per heavy atom. The zero-order valence-corrected chi connectivity index (χ0v) is 16.5. The molecule has 0 fully saturated rings. The average molecular weight is 382 g/mol. The molecule has 0 saturated heterocycles. The number of rotatable bonds is 6. The Morgan fingerprint density at radius 2 is 1.00 bits per heavy atom. The fourth-order valence-corrected chi connectivity index (χ4v) is 3.66. The Morgan fingerprint density at radius 1 is 0.586 bits per heavy atom. The smallest absolute Gasteiger partial charge is 0.123 e. The van der Waals surface area contributed by atoms with E-state index in [2.05, 4.69) is 22.1 Å². The van der Waals surface area contributed by atoms with Gasteiger partial charge in [0.05, 0.1) is 14.2 Å².